The van der Waals surface area contributed by atoms with Crippen molar-refractivity contribution in [2.24, 2.45) is 0 Å². The van der Waals surface area contributed by atoms with E-state index in [1.165, 1.54) is 12.1 Å². The Morgan fingerprint density at radius 2 is 1.67 bits per heavy atom. The third-order valence-corrected chi connectivity index (χ3v) is 4.73. The molecule has 1 saturated heterocycles. The molecule has 0 unspecified atom stereocenters. The molecule has 27 heavy (non-hydrogen) atoms. The zero-order chi connectivity index (χ0) is 19.2. The molecule has 0 saturated carbocycles. The summed E-state index contributed by atoms with van der Waals surface area (Å²) in [4.78, 5) is 26.3. The van der Waals surface area contributed by atoms with E-state index >= 15 is 0 Å². The van der Waals surface area contributed by atoms with Gasteiger partial charge in [0.1, 0.15) is 5.82 Å². The predicted octanol–water partition coefficient (Wildman–Crippen LogP) is 3.35. The first-order valence-electron chi connectivity index (χ1n) is 9.21. The van der Waals surface area contributed by atoms with Crippen molar-refractivity contribution in [2.75, 3.05) is 25.0 Å². The van der Waals surface area contributed by atoms with Crippen molar-refractivity contribution in [3.05, 3.63) is 65.5 Å². The van der Waals surface area contributed by atoms with E-state index in [2.05, 4.69) is 10.6 Å². The van der Waals surface area contributed by atoms with E-state index in [9.17, 15) is 14.0 Å². The van der Waals surface area contributed by atoms with Gasteiger partial charge in [-0.25, -0.2) is 4.39 Å². The molecule has 0 bridgehead atoms. The van der Waals surface area contributed by atoms with E-state index < -0.39 is 0 Å². The van der Waals surface area contributed by atoms with Gasteiger partial charge in [-0.05, 0) is 61.7 Å². The smallest absolute Gasteiger partial charge is 0.253 e. The molecule has 2 aromatic rings. The summed E-state index contributed by atoms with van der Waals surface area (Å²) in [5.74, 6) is -0.403. The van der Waals surface area contributed by atoms with Gasteiger partial charge in [0.25, 0.3) is 5.91 Å². The summed E-state index contributed by atoms with van der Waals surface area (Å²) < 4.78 is 13.0. The maximum atomic E-state index is 13.0. The average molecular weight is 369 g/mol. The van der Waals surface area contributed by atoms with Crippen molar-refractivity contribution < 1.29 is 14.0 Å². The highest BCUT2D eigenvalue weighted by Gasteiger charge is 2.19. The Morgan fingerprint density at radius 3 is 2.30 bits per heavy atom. The SMILES string of the molecule is C[C@@H](NC(=O)CNc1ccc(C(=O)N2CCCC2)cc1)c1ccc(F)cc1. The molecule has 0 radical (unpaired) electrons. The Kier molecular flexibility index (Phi) is 6.06. The number of nitrogens with one attached hydrogen (secondary N) is 2. The highest BCUT2D eigenvalue weighted by Crippen LogP contribution is 2.16. The lowest BCUT2D eigenvalue weighted by Gasteiger charge is -2.16. The van der Waals surface area contributed by atoms with Gasteiger partial charge in [0.05, 0.1) is 12.6 Å². The Morgan fingerprint density at radius 1 is 1.04 bits per heavy atom. The van der Waals surface area contributed by atoms with Crippen LogP contribution in [0.3, 0.4) is 0 Å². The molecule has 1 atom stereocenters. The van der Waals surface area contributed by atoms with Crippen LogP contribution >= 0.6 is 0 Å². The molecule has 2 amide bonds. The average Bonchev–Trinajstić information content (AvgIpc) is 3.21. The lowest BCUT2D eigenvalue weighted by atomic mass is 10.1. The zero-order valence-electron chi connectivity index (χ0n) is 15.4. The van der Waals surface area contributed by atoms with Crippen molar-refractivity contribution >= 4 is 17.5 Å². The number of nitrogens with zero attached hydrogens (tertiary/aromatic N) is 1. The summed E-state index contributed by atoms with van der Waals surface area (Å²) in [6.45, 7) is 3.62. The van der Waals surface area contributed by atoms with E-state index in [1.807, 2.05) is 11.8 Å². The molecule has 0 aromatic heterocycles. The lowest BCUT2D eigenvalue weighted by Crippen LogP contribution is -2.32. The molecule has 1 aliphatic rings. The van der Waals surface area contributed by atoms with Crippen molar-refractivity contribution in [1.82, 2.24) is 10.2 Å². The molecule has 1 fully saturated rings. The van der Waals surface area contributed by atoms with E-state index in [4.69, 9.17) is 0 Å². The van der Waals surface area contributed by atoms with Gasteiger partial charge in [0, 0.05) is 24.3 Å². The fourth-order valence-corrected chi connectivity index (χ4v) is 3.14. The topological polar surface area (TPSA) is 61.4 Å². The Balaban J connectivity index is 1.48. The summed E-state index contributed by atoms with van der Waals surface area (Å²) >= 11 is 0. The summed E-state index contributed by atoms with van der Waals surface area (Å²) in [6, 6.07) is 13.0. The van der Waals surface area contributed by atoms with Gasteiger partial charge < -0.3 is 15.5 Å². The van der Waals surface area contributed by atoms with Gasteiger partial charge in [-0.15, -0.1) is 0 Å². The largest absolute Gasteiger partial charge is 0.376 e. The first-order chi connectivity index (χ1) is 13.0. The molecule has 3 rings (SSSR count). The number of anilines is 1. The van der Waals surface area contributed by atoms with E-state index in [-0.39, 0.29) is 30.2 Å². The minimum absolute atomic E-state index is 0.0601. The summed E-state index contributed by atoms with van der Waals surface area (Å²) in [7, 11) is 0. The minimum atomic E-state index is -0.300. The number of amides is 2. The molecule has 5 nitrogen and oxygen atoms in total. The Labute approximate surface area is 158 Å². The number of halogens is 1. The van der Waals surface area contributed by atoms with Crippen LogP contribution in [0.2, 0.25) is 0 Å². The maximum Gasteiger partial charge on any atom is 0.253 e. The van der Waals surface area contributed by atoms with Gasteiger partial charge >= 0.3 is 0 Å². The lowest BCUT2D eigenvalue weighted by molar-refractivity contribution is -0.120. The molecule has 1 heterocycles. The molecule has 0 spiro atoms. The van der Waals surface area contributed by atoms with Crippen molar-refractivity contribution in [3.8, 4) is 0 Å². The molecule has 142 valence electrons. The van der Waals surface area contributed by atoms with Crippen LogP contribution < -0.4 is 10.6 Å². The molecule has 2 N–H and O–H groups in total. The third kappa shape index (κ3) is 5.06. The molecular formula is C21H24FN3O2. The number of likely N-dealkylation sites (tertiary alicyclic amines) is 1. The zero-order valence-corrected chi connectivity index (χ0v) is 15.4. The molecule has 1 aliphatic heterocycles. The van der Waals surface area contributed by atoms with E-state index in [0.29, 0.717) is 5.56 Å². The second-order valence-electron chi connectivity index (χ2n) is 6.77. The van der Waals surface area contributed by atoms with Crippen LogP contribution in [0.15, 0.2) is 48.5 Å². The Bertz CT molecular complexity index is 784. The normalized spacial score (nSPS) is 14.7. The Hall–Kier alpha value is -2.89. The van der Waals surface area contributed by atoms with Crippen LogP contribution in [0.25, 0.3) is 0 Å². The second kappa shape index (κ2) is 8.66. The highest BCUT2D eigenvalue weighted by molar-refractivity contribution is 5.94. The van der Waals surface area contributed by atoms with Crippen LogP contribution in [0.5, 0.6) is 0 Å². The van der Waals surface area contributed by atoms with Crippen LogP contribution in [0.4, 0.5) is 10.1 Å². The fraction of sp³-hybridized carbons (Fsp3) is 0.333. The predicted molar refractivity (Wildman–Crippen MR) is 103 cm³/mol. The number of rotatable bonds is 6. The monoisotopic (exact) mass is 369 g/mol. The van der Waals surface area contributed by atoms with Crippen LogP contribution in [-0.4, -0.2) is 36.3 Å². The molecular weight excluding hydrogens is 345 g/mol. The fourth-order valence-electron chi connectivity index (χ4n) is 3.14. The minimum Gasteiger partial charge on any atom is -0.376 e. The van der Waals surface area contributed by atoms with Crippen LogP contribution in [0.1, 0.15) is 41.7 Å². The first-order valence-corrected chi connectivity index (χ1v) is 9.21. The standard InChI is InChI=1S/C21H24FN3O2/c1-15(16-4-8-18(22)9-5-16)24-20(26)14-23-19-10-6-17(7-11-19)21(27)25-12-2-3-13-25/h4-11,15,23H,2-3,12-14H2,1H3,(H,24,26)/t15-/m1/s1. The molecule has 0 aliphatic carbocycles. The molecule has 2 aromatic carbocycles. The third-order valence-electron chi connectivity index (χ3n) is 4.73. The van der Waals surface area contributed by atoms with Gasteiger partial charge in [0.15, 0.2) is 0 Å². The second-order valence-corrected chi connectivity index (χ2v) is 6.77. The van der Waals surface area contributed by atoms with E-state index in [1.54, 1.807) is 36.4 Å². The van der Waals surface area contributed by atoms with Gasteiger partial charge in [0.2, 0.25) is 5.91 Å². The first kappa shape index (κ1) is 18.9. The van der Waals surface area contributed by atoms with Crippen LogP contribution in [-0.2, 0) is 4.79 Å². The number of carbonyl (C=O) groups is 2. The maximum absolute atomic E-state index is 13.0. The van der Waals surface area contributed by atoms with E-state index in [0.717, 1.165) is 37.2 Å². The highest BCUT2D eigenvalue weighted by atomic mass is 19.1. The number of benzene rings is 2. The quantitative estimate of drug-likeness (QED) is 0.821. The summed E-state index contributed by atoms with van der Waals surface area (Å²) in [5.41, 5.74) is 2.28. The van der Waals surface area contributed by atoms with Crippen molar-refractivity contribution in [2.45, 2.75) is 25.8 Å². The number of hydrogen-bond donors (Lipinski definition) is 2. The van der Waals surface area contributed by atoms with Gasteiger partial charge in [-0.2, -0.15) is 0 Å². The summed E-state index contributed by atoms with van der Waals surface area (Å²) in [5, 5.41) is 5.92. The summed E-state index contributed by atoms with van der Waals surface area (Å²) in [6.07, 6.45) is 2.13. The van der Waals surface area contributed by atoms with Crippen LogP contribution in [0, 0.1) is 5.82 Å². The van der Waals surface area contributed by atoms with Gasteiger partial charge in [-0.1, -0.05) is 12.1 Å². The number of hydrogen-bond acceptors (Lipinski definition) is 3. The molecule has 6 heteroatoms. The van der Waals surface area contributed by atoms with Crippen molar-refractivity contribution in [1.29, 1.82) is 0 Å². The van der Waals surface area contributed by atoms with Crippen molar-refractivity contribution in [3.63, 3.8) is 0 Å². The number of carbonyl (C=O) groups excluding carboxylic acids is 2. The van der Waals surface area contributed by atoms with Gasteiger partial charge in [-0.3, -0.25) is 9.59 Å².